The molecule has 1 aromatic carbocycles. The van der Waals surface area contributed by atoms with Crippen LogP contribution in [-0.2, 0) is 34.5 Å². The molecule has 0 aliphatic rings. The van der Waals surface area contributed by atoms with Gasteiger partial charge in [-0.25, -0.2) is 9.36 Å². The first-order valence-electron chi connectivity index (χ1n) is 8.49. The van der Waals surface area contributed by atoms with Crippen LogP contribution in [0.4, 0.5) is 0 Å². The summed E-state index contributed by atoms with van der Waals surface area (Å²) in [6.07, 6.45) is 0.883. The van der Waals surface area contributed by atoms with Crippen molar-refractivity contribution in [2.45, 2.75) is 46.2 Å². The normalized spacial score (nSPS) is 14.1. The molecule has 0 heterocycles. The Hall–Kier alpha value is -1.14. The van der Waals surface area contributed by atoms with Gasteiger partial charge in [-0.3, -0.25) is 9.05 Å². The topological polar surface area (TPSA) is 133 Å². The van der Waals surface area contributed by atoms with E-state index in [1.165, 1.54) is 6.92 Å². The van der Waals surface area contributed by atoms with E-state index in [0.717, 1.165) is 12.0 Å². The highest BCUT2D eigenvalue weighted by molar-refractivity contribution is 7.47. The van der Waals surface area contributed by atoms with E-state index in [4.69, 9.17) is 10.00 Å². The van der Waals surface area contributed by atoms with E-state index >= 15 is 0 Å². The van der Waals surface area contributed by atoms with Crippen LogP contribution in [0.15, 0.2) is 24.3 Å². The fraction of sp³-hybridized carbons (Fsp3) is 0.588. The van der Waals surface area contributed by atoms with Gasteiger partial charge in [0.15, 0.2) is 0 Å². The molecule has 0 saturated heterocycles. The van der Waals surface area contributed by atoms with Gasteiger partial charge < -0.3 is 14.9 Å². The SMILES string of the molecule is CC(C)Cc1ccc(C(C)(C(=O)O)[P+](=O)[O-])cc1.CCOP(=O)(O)OCC. The molecule has 2 unspecified atom stereocenters. The average molecular weight is 422 g/mol. The van der Waals surface area contributed by atoms with Crippen molar-refractivity contribution in [3.63, 3.8) is 0 Å². The largest absolute Gasteiger partial charge is 0.594 e. The van der Waals surface area contributed by atoms with Gasteiger partial charge in [0.1, 0.15) is 0 Å². The van der Waals surface area contributed by atoms with Crippen molar-refractivity contribution >= 4 is 21.8 Å². The maximum atomic E-state index is 11.2. The lowest BCUT2D eigenvalue weighted by Crippen LogP contribution is -2.31. The third-order valence-corrected chi connectivity index (χ3v) is 5.87. The van der Waals surface area contributed by atoms with Crippen LogP contribution >= 0.6 is 15.9 Å². The van der Waals surface area contributed by atoms with E-state index < -0.39 is 27.0 Å². The number of phosphoric acid groups is 1. The molecule has 1 aromatic rings. The van der Waals surface area contributed by atoms with Gasteiger partial charge in [0.25, 0.3) is 5.16 Å². The summed E-state index contributed by atoms with van der Waals surface area (Å²) in [5, 5.41) is 7.23. The Kier molecular flexibility index (Phi) is 11.2. The van der Waals surface area contributed by atoms with E-state index in [9.17, 15) is 18.8 Å². The summed E-state index contributed by atoms with van der Waals surface area (Å²) in [5.74, 6) is -0.854. The number of carboxylic acids is 1. The summed E-state index contributed by atoms with van der Waals surface area (Å²) >= 11 is 0. The molecule has 8 nitrogen and oxygen atoms in total. The first-order chi connectivity index (χ1) is 12.4. The third-order valence-electron chi connectivity index (χ3n) is 3.53. The van der Waals surface area contributed by atoms with E-state index in [0.29, 0.717) is 11.5 Å². The van der Waals surface area contributed by atoms with Gasteiger partial charge in [0.2, 0.25) is 0 Å². The molecule has 2 N–H and O–H groups in total. The van der Waals surface area contributed by atoms with Crippen LogP contribution < -0.4 is 4.89 Å². The lowest BCUT2D eigenvalue weighted by atomic mass is 9.96. The Balaban J connectivity index is 0.000000636. The van der Waals surface area contributed by atoms with Crippen LogP contribution in [0.5, 0.6) is 0 Å². The lowest BCUT2D eigenvalue weighted by molar-refractivity contribution is -0.173. The number of rotatable bonds is 9. The molecule has 0 spiro atoms. The number of aliphatic carboxylic acids is 1. The minimum atomic E-state index is -3.69. The van der Waals surface area contributed by atoms with Gasteiger partial charge in [-0.15, -0.1) is 0 Å². The number of carbonyl (C=O) groups is 1. The van der Waals surface area contributed by atoms with Crippen molar-refractivity contribution in [3.05, 3.63) is 35.4 Å². The highest BCUT2D eigenvalue weighted by atomic mass is 31.2. The number of carboxylic acid groups (broad SMARTS) is 1. The highest BCUT2D eigenvalue weighted by Gasteiger charge is 2.48. The minimum Gasteiger partial charge on any atom is -0.594 e. The van der Waals surface area contributed by atoms with E-state index in [1.807, 2.05) is 0 Å². The monoisotopic (exact) mass is 422 g/mol. The molecule has 0 aromatic heterocycles. The molecule has 0 aliphatic carbocycles. The van der Waals surface area contributed by atoms with Crippen molar-refractivity contribution in [2.24, 2.45) is 5.92 Å². The zero-order chi connectivity index (χ0) is 21.3. The Labute approximate surface area is 161 Å². The maximum Gasteiger partial charge on any atom is 0.472 e. The zero-order valence-corrected chi connectivity index (χ0v) is 18.0. The van der Waals surface area contributed by atoms with Crippen molar-refractivity contribution in [3.8, 4) is 0 Å². The van der Waals surface area contributed by atoms with Crippen molar-refractivity contribution in [1.29, 1.82) is 0 Å². The van der Waals surface area contributed by atoms with E-state index in [-0.39, 0.29) is 13.2 Å². The summed E-state index contributed by atoms with van der Waals surface area (Å²) in [4.78, 5) is 30.9. The van der Waals surface area contributed by atoms with Gasteiger partial charge >= 0.3 is 21.8 Å². The van der Waals surface area contributed by atoms with Crippen molar-refractivity contribution < 1.29 is 37.9 Å². The zero-order valence-electron chi connectivity index (χ0n) is 16.2. The summed E-state index contributed by atoms with van der Waals surface area (Å²) in [7, 11) is -6.78. The van der Waals surface area contributed by atoms with E-state index in [2.05, 4.69) is 22.9 Å². The molecule has 2 atom stereocenters. The Morgan fingerprint density at radius 1 is 1.22 bits per heavy atom. The molecule has 0 saturated carbocycles. The molecule has 27 heavy (non-hydrogen) atoms. The molecule has 0 radical (unpaired) electrons. The first-order valence-corrected chi connectivity index (χ1v) is 11.2. The quantitative estimate of drug-likeness (QED) is 0.578. The Morgan fingerprint density at radius 2 is 1.67 bits per heavy atom. The van der Waals surface area contributed by atoms with Gasteiger partial charge in [0.05, 0.1) is 13.2 Å². The Morgan fingerprint density at radius 3 is 1.96 bits per heavy atom. The molecule has 10 heteroatoms. The lowest BCUT2D eigenvalue weighted by Gasteiger charge is -2.16. The van der Waals surface area contributed by atoms with Crippen LogP contribution in [0.25, 0.3) is 0 Å². The average Bonchev–Trinajstić information content (AvgIpc) is 2.54. The molecule has 1 rings (SSSR count). The van der Waals surface area contributed by atoms with Gasteiger partial charge in [-0.05, 0) is 31.7 Å². The van der Waals surface area contributed by atoms with E-state index in [1.54, 1.807) is 38.1 Å². The predicted molar refractivity (Wildman–Crippen MR) is 101 cm³/mol. The predicted octanol–water partition coefficient (Wildman–Crippen LogP) is 3.45. The Bertz CT molecular complexity index is 633. The van der Waals surface area contributed by atoms with Crippen LogP contribution in [0.2, 0.25) is 0 Å². The molecule has 0 fully saturated rings. The summed E-state index contributed by atoms with van der Waals surface area (Å²) in [5.41, 5.74) is 1.36. The number of phosphoric ester groups is 1. The summed E-state index contributed by atoms with van der Waals surface area (Å²) < 4.78 is 30.4. The second-order valence-corrected chi connectivity index (χ2v) is 9.10. The fourth-order valence-electron chi connectivity index (χ4n) is 2.11. The second kappa shape index (κ2) is 11.6. The van der Waals surface area contributed by atoms with Crippen LogP contribution in [0, 0.1) is 5.92 Å². The number of benzene rings is 1. The van der Waals surface area contributed by atoms with Crippen molar-refractivity contribution in [1.82, 2.24) is 0 Å². The molecule has 0 bridgehead atoms. The molecule has 154 valence electrons. The fourth-order valence-corrected chi connectivity index (χ4v) is 3.35. The molecular weight excluding hydrogens is 394 g/mol. The van der Waals surface area contributed by atoms with Crippen LogP contribution in [0.3, 0.4) is 0 Å². The maximum absolute atomic E-state index is 11.2. The minimum absolute atomic E-state index is 0.188. The molecule has 0 amide bonds. The van der Waals surface area contributed by atoms with Crippen LogP contribution in [0.1, 0.15) is 45.7 Å². The van der Waals surface area contributed by atoms with Gasteiger partial charge in [-0.1, -0.05) is 42.7 Å². The molecule has 0 aliphatic heterocycles. The number of hydrogen-bond acceptors (Lipinski definition) is 6. The standard InChI is InChI=1S/C13H17O4P.C4H11O4P/c1-9(2)8-10-4-6-11(7-5-10)13(3,12(14)15)18(16)17;1-3-7-9(5,6)8-4-2/h4-7,9H,8H2,1-3H3,(H,14,15);3-4H2,1-2H3,(H,5,6). The first kappa shape index (κ1) is 25.9. The molecular formula is C17H28O8P2. The van der Waals surface area contributed by atoms with Crippen LogP contribution in [-0.4, -0.2) is 29.2 Å². The summed E-state index contributed by atoms with van der Waals surface area (Å²) in [6, 6.07) is 6.73. The summed E-state index contributed by atoms with van der Waals surface area (Å²) in [6.45, 7) is 9.01. The van der Waals surface area contributed by atoms with Gasteiger partial charge in [0, 0.05) is 12.5 Å². The van der Waals surface area contributed by atoms with Gasteiger partial charge in [-0.2, -0.15) is 0 Å². The van der Waals surface area contributed by atoms with Crippen molar-refractivity contribution in [2.75, 3.05) is 13.2 Å². The number of hydrogen-bond donors (Lipinski definition) is 2. The third kappa shape index (κ3) is 8.60. The smallest absolute Gasteiger partial charge is 0.472 e. The second-order valence-electron chi connectivity index (χ2n) is 6.23. The highest BCUT2D eigenvalue weighted by Crippen LogP contribution is 2.42.